The molecule has 0 bridgehead atoms. The van der Waals surface area contributed by atoms with Crippen molar-refractivity contribution in [3.05, 3.63) is 35.3 Å². The number of dihydropyridines is 1. The molecule has 1 amide bonds. The Hall–Kier alpha value is -2.25. The van der Waals surface area contributed by atoms with Gasteiger partial charge in [-0.15, -0.1) is 0 Å². The molecule has 1 saturated carbocycles. The molecule has 0 radical (unpaired) electrons. The molecule has 1 aromatic rings. The standard InChI is InChI=1S/C27H38N4O3/c1-18-15-30(11-12-31(18)25(32)20-10-13-33-16-20)27(4)24(28)21-14-26(2,3)34-17-22(21)23(29-27)19-8-6-5-7-9-19/h10,13,16,18-19,28H,5-9,11-12,14-15,17H2,1-4H3/t18-,27?/m1/s1. The number of furan rings is 1. The molecule has 3 aliphatic heterocycles. The van der Waals surface area contributed by atoms with Crippen molar-refractivity contribution in [3.8, 4) is 0 Å². The van der Waals surface area contributed by atoms with Crippen LogP contribution in [-0.2, 0) is 4.74 Å². The fourth-order valence-electron chi connectivity index (χ4n) is 6.20. The highest BCUT2D eigenvalue weighted by Gasteiger charge is 2.48. The van der Waals surface area contributed by atoms with E-state index in [0.29, 0.717) is 43.4 Å². The maximum absolute atomic E-state index is 13.0. The predicted octanol–water partition coefficient (Wildman–Crippen LogP) is 4.69. The number of nitrogens with zero attached hydrogens (tertiary/aromatic N) is 3. The van der Waals surface area contributed by atoms with Gasteiger partial charge >= 0.3 is 0 Å². The Morgan fingerprint density at radius 2 is 1.91 bits per heavy atom. The summed E-state index contributed by atoms with van der Waals surface area (Å²) in [7, 11) is 0. The van der Waals surface area contributed by atoms with E-state index in [1.165, 1.54) is 49.7 Å². The first-order valence-corrected chi connectivity index (χ1v) is 12.8. The van der Waals surface area contributed by atoms with E-state index in [1.807, 2.05) is 4.90 Å². The molecule has 1 saturated heterocycles. The van der Waals surface area contributed by atoms with Crippen molar-refractivity contribution in [1.29, 1.82) is 5.41 Å². The highest BCUT2D eigenvalue weighted by Crippen LogP contribution is 2.42. The minimum Gasteiger partial charge on any atom is -0.472 e. The number of nitrogens with one attached hydrogen (secondary N) is 1. The number of carbonyl (C=O) groups excluding carboxylic acids is 1. The molecule has 34 heavy (non-hydrogen) atoms. The summed E-state index contributed by atoms with van der Waals surface area (Å²) in [4.78, 5) is 22.6. The Morgan fingerprint density at radius 3 is 2.59 bits per heavy atom. The second-order valence-electron chi connectivity index (χ2n) is 11.2. The van der Waals surface area contributed by atoms with E-state index >= 15 is 0 Å². The van der Waals surface area contributed by atoms with Crippen molar-refractivity contribution in [2.45, 2.75) is 83.5 Å². The first-order chi connectivity index (χ1) is 16.2. The molecular weight excluding hydrogens is 428 g/mol. The van der Waals surface area contributed by atoms with E-state index in [4.69, 9.17) is 14.1 Å². The van der Waals surface area contributed by atoms with Crippen molar-refractivity contribution >= 4 is 17.3 Å². The van der Waals surface area contributed by atoms with Crippen molar-refractivity contribution in [2.75, 3.05) is 26.2 Å². The largest absolute Gasteiger partial charge is 0.472 e. The van der Waals surface area contributed by atoms with Crippen LogP contribution in [0.3, 0.4) is 0 Å². The molecule has 2 fully saturated rings. The number of carbonyl (C=O) groups is 1. The van der Waals surface area contributed by atoms with Crippen LogP contribution in [0.5, 0.6) is 0 Å². The second kappa shape index (κ2) is 8.76. The molecule has 4 heterocycles. The van der Waals surface area contributed by atoms with Crippen LogP contribution in [-0.4, -0.2) is 70.7 Å². The predicted molar refractivity (Wildman–Crippen MR) is 133 cm³/mol. The van der Waals surface area contributed by atoms with E-state index in [2.05, 4.69) is 32.6 Å². The zero-order valence-electron chi connectivity index (χ0n) is 21.0. The molecule has 1 aromatic heterocycles. The smallest absolute Gasteiger partial charge is 0.257 e. The van der Waals surface area contributed by atoms with Gasteiger partial charge in [-0.3, -0.25) is 14.7 Å². The molecule has 4 aliphatic rings. The van der Waals surface area contributed by atoms with Crippen LogP contribution in [0.25, 0.3) is 0 Å². The Bertz CT molecular complexity index is 1020. The van der Waals surface area contributed by atoms with Crippen molar-refractivity contribution in [3.63, 3.8) is 0 Å². The van der Waals surface area contributed by atoms with Crippen LogP contribution in [0.15, 0.2) is 39.1 Å². The minimum atomic E-state index is -0.710. The first-order valence-electron chi connectivity index (χ1n) is 12.8. The lowest BCUT2D eigenvalue weighted by molar-refractivity contribution is -0.0122. The summed E-state index contributed by atoms with van der Waals surface area (Å²) in [5, 5.41) is 9.34. The molecule has 7 nitrogen and oxygen atoms in total. The van der Waals surface area contributed by atoms with E-state index < -0.39 is 5.66 Å². The Morgan fingerprint density at radius 1 is 1.15 bits per heavy atom. The van der Waals surface area contributed by atoms with Crippen LogP contribution in [0, 0.1) is 11.3 Å². The maximum atomic E-state index is 13.0. The molecule has 1 unspecified atom stereocenters. The Balaban J connectivity index is 1.44. The van der Waals surface area contributed by atoms with Crippen LogP contribution >= 0.6 is 0 Å². The van der Waals surface area contributed by atoms with Crippen molar-refractivity contribution in [1.82, 2.24) is 9.80 Å². The van der Waals surface area contributed by atoms with Gasteiger partial charge in [-0.05, 0) is 52.2 Å². The van der Waals surface area contributed by atoms with Gasteiger partial charge in [-0.25, -0.2) is 0 Å². The third-order valence-electron chi connectivity index (χ3n) is 8.26. The summed E-state index contributed by atoms with van der Waals surface area (Å²) in [6.45, 7) is 11.0. The van der Waals surface area contributed by atoms with Gasteiger partial charge in [-0.2, -0.15) is 0 Å². The molecule has 1 N–H and O–H groups in total. The van der Waals surface area contributed by atoms with Gasteiger partial charge in [-0.1, -0.05) is 19.3 Å². The highest BCUT2D eigenvalue weighted by atomic mass is 16.5. The zero-order valence-corrected chi connectivity index (χ0v) is 21.0. The number of aliphatic imine (C=N–C) groups is 1. The minimum absolute atomic E-state index is 0.00680. The van der Waals surface area contributed by atoms with Gasteiger partial charge in [0.15, 0.2) is 5.66 Å². The normalized spacial score (nSPS) is 30.8. The lowest BCUT2D eigenvalue weighted by atomic mass is 9.75. The third kappa shape index (κ3) is 4.07. The SMILES string of the molecule is C[C@@H]1CN(C2(C)N=C(C3CCCCC3)C3=C(CC(C)(C)OC3)C2=N)CCN1C(=O)c1ccoc1. The summed E-state index contributed by atoms with van der Waals surface area (Å²) in [6.07, 6.45) is 9.95. The number of hydrogen-bond acceptors (Lipinski definition) is 6. The van der Waals surface area contributed by atoms with Crippen LogP contribution in [0.4, 0.5) is 0 Å². The monoisotopic (exact) mass is 466 g/mol. The third-order valence-corrected chi connectivity index (χ3v) is 8.26. The molecule has 0 spiro atoms. The maximum Gasteiger partial charge on any atom is 0.257 e. The molecule has 7 heteroatoms. The van der Waals surface area contributed by atoms with Gasteiger partial charge in [0, 0.05) is 49.3 Å². The first kappa shape index (κ1) is 23.5. The molecule has 184 valence electrons. The molecular formula is C27H38N4O3. The van der Waals surface area contributed by atoms with Gasteiger partial charge in [0.1, 0.15) is 6.26 Å². The zero-order chi connectivity index (χ0) is 24.1. The van der Waals surface area contributed by atoms with Crippen molar-refractivity contribution < 1.29 is 13.9 Å². The molecule has 2 atom stereocenters. The summed E-state index contributed by atoms with van der Waals surface area (Å²) >= 11 is 0. The quantitative estimate of drug-likeness (QED) is 0.700. The van der Waals surface area contributed by atoms with E-state index in [1.54, 1.807) is 12.3 Å². The number of ether oxygens (including phenoxy) is 1. The van der Waals surface area contributed by atoms with Gasteiger partial charge in [0.2, 0.25) is 0 Å². The molecule has 1 aliphatic carbocycles. The Kier molecular flexibility index (Phi) is 6.05. The number of rotatable bonds is 3. The van der Waals surface area contributed by atoms with Gasteiger partial charge in [0.25, 0.3) is 5.91 Å². The van der Waals surface area contributed by atoms with Gasteiger partial charge in [0.05, 0.1) is 29.7 Å². The van der Waals surface area contributed by atoms with E-state index in [0.717, 1.165) is 12.0 Å². The fourth-order valence-corrected chi connectivity index (χ4v) is 6.20. The van der Waals surface area contributed by atoms with Crippen LogP contribution in [0.2, 0.25) is 0 Å². The summed E-state index contributed by atoms with van der Waals surface area (Å²) < 4.78 is 11.3. The van der Waals surface area contributed by atoms with E-state index in [9.17, 15) is 10.2 Å². The topological polar surface area (TPSA) is 82.1 Å². The van der Waals surface area contributed by atoms with E-state index in [-0.39, 0.29) is 17.6 Å². The fraction of sp³-hybridized carbons (Fsp3) is 0.667. The molecule has 0 aromatic carbocycles. The lowest BCUT2D eigenvalue weighted by Crippen LogP contribution is -2.63. The summed E-state index contributed by atoms with van der Waals surface area (Å²) in [5.74, 6) is 0.463. The lowest BCUT2D eigenvalue weighted by Gasteiger charge is -2.50. The average molecular weight is 467 g/mol. The van der Waals surface area contributed by atoms with Crippen molar-refractivity contribution in [2.24, 2.45) is 10.9 Å². The van der Waals surface area contributed by atoms with Crippen LogP contribution < -0.4 is 0 Å². The number of piperazine rings is 1. The van der Waals surface area contributed by atoms with Gasteiger partial charge < -0.3 is 19.5 Å². The number of hydrogen-bond donors (Lipinski definition) is 1. The molecule has 5 rings (SSSR count). The number of amides is 1. The highest BCUT2D eigenvalue weighted by molar-refractivity contribution is 6.18. The Labute approximate surface area is 202 Å². The summed E-state index contributed by atoms with van der Waals surface area (Å²) in [6, 6.07) is 1.75. The second-order valence-corrected chi connectivity index (χ2v) is 11.2. The average Bonchev–Trinajstić information content (AvgIpc) is 3.36. The van der Waals surface area contributed by atoms with Crippen LogP contribution in [0.1, 0.15) is 76.6 Å². The summed E-state index contributed by atoms with van der Waals surface area (Å²) in [5.41, 5.74) is 3.72.